The second-order valence-corrected chi connectivity index (χ2v) is 9.73. The Morgan fingerprint density at radius 3 is 2.50 bits per heavy atom. The molecule has 1 heterocycles. The van der Waals surface area contributed by atoms with Gasteiger partial charge in [0.05, 0.1) is 22.5 Å². The van der Waals surface area contributed by atoms with Crippen molar-refractivity contribution in [3.63, 3.8) is 0 Å². The Morgan fingerprint density at radius 1 is 1.12 bits per heavy atom. The van der Waals surface area contributed by atoms with Crippen molar-refractivity contribution in [1.82, 2.24) is 9.88 Å². The van der Waals surface area contributed by atoms with Gasteiger partial charge in [0.2, 0.25) is 0 Å². The molecule has 0 fully saturated rings. The largest absolute Gasteiger partial charge is 0.497 e. The number of nitrogens with one attached hydrogen (secondary N) is 2. The van der Waals surface area contributed by atoms with Crippen LogP contribution in [-0.2, 0) is 9.84 Å². The fourth-order valence-corrected chi connectivity index (χ4v) is 4.29. The Labute approximate surface area is 197 Å². The summed E-state index contributed by atoms with van der Waals surface area (Å²) in [7, 11) is -1.98. The van der Waals surface area contributed by atoms with Gasteiger partial charge < -0.3 is 19.9 Å². The molecule has 180 valence electrons. The van der Waals surface area contributed by atoms with Gasteiger partial charge >= 0.3 is 0 Å². The number of rotatable bonds is 9. The summed E-state index contributed by atoms with van der Waals surface area (Å²) in [4.78, 5) is 23.3. The predicted octanol–water partition coefficient (Wildman–Crippen LogP) is 3.26. The van der Waals surface area contributed by atoms with Crippen molar-refractivity contribution in [3.8, 4) is 11.4 Å². The van der Waals surface area contributed by atoms with Crippen LogP contribution in [0.15, 0.2) is 53.4 Å². The Balaban J connectivity index is 1.68. The summed E-state index contributed by atoms with van der Waals surface area (Å²) in [5.41, 5.74) is 2.86. The van der Waals surface area contributed by atoms with Gasteiger partial charge in [-0.05, 0) is 44.2 Å². The number of nitro benzene ring substituents is 1. The second-order valence-electron chi connectivity index (χ2n) is 7.71. The van der Waals surface area contributed by atoms with E-state index in [2.05, 4.69) is 10.6 Å². The number of benzene rings is 2. The highest BCUT2D eigenvalue weighted by Crippen LogP contribution is 2.27. The highest BCUT2D eigenvalue weighted by molar-refractivity contribution is 7.90. The zero-order valence-electron chi connectivity index (χ0n) is 19.3. The first kappa shape index (κ1) is 24.8. The Bertz CT molecular complexity index is 1350. The Hall–Kier alpha value is -3.86. The van der Waals surface area contributed by atoms with Crippen molar-refractivity contribution < 1.29 is 22.9 Å². The third-order valence-corrected chi connectivity index (χ3v) is 6.42. The molecule has 0 saturated carbocycles. The van der Waals surface area contributed by atoms with Gasteiger partial charge in [0.15, 0.2) is 9.84 Å². The molecule has 1 amide bonds. The van der Waals surface area contributed by atoms with Gasteiger partial charge in [-0.1, -0.05) is 6.07 Å². The van der Waals surface area contributed by atoms with E-state index in [0.717, 1.165) is 29.4 Å². The van der Waals surface area contributed by atoms with E-state index in [4.69, 9.17) is 4.74 Å². The predicted molar refractivity (Wildman–Crippen MR) is 129 cm³/mol. The van der Waals surface area contributed by atoms with Crippen LogP contribution in [0.1, 0.15) is 21.7 Å². The minimum absolute atomic E-state index is 0.135. The van der Waals surface area contributed by atoms with Crippen LogP contribution in [0.3, 0.4) is 0 Å². The number of aryl methyl sites for hydroxylation is 1. The highest BCUT2D eigenvalue weighted by Gasteiger charge is 2.19. The topological polar surface area (TPSA) is 133 Å². The number of hydrogen-bond acceptors (Lipinski definition) is 7. The first-order valence-corrected chi connectivity index (χ1v) is 12.3. The quantitative estimate of drug-likeness (QED) is 0.269. The fourth-order valence-electron chi connectivity index (χ4n) is 3.65. The molecule has 11 heteroatoms. The number of ether oxygens (including phenoxy) is 1. The van der Waals surface area contributed by atoms with Crippen LogP contribution in [0.2, 0.25) is 0 Å². The highest BCUT2D eigenvalue weighted by atomic mass is 32.2. The molecule has 2 aromatic carbocycles. The van der Waals surface area contributed by atoms with E-state index in [1.165, 1.54) is 12.1 Å². The number of amides is 1. The van der Waals surface area contributed by atoms with Crippen LogP contribution in [-0.4, -0.2) is 50.3 Å². The molecule has 0 unspecified atom stereocenters. The zero-order chi connectivity index (χ0) is 25.0. The average molecular weight is 487 g/mol. The molecule has 3 aromatic rings. The van der Waals surface area contributed by atoms with Crippen LogP contribution in [0.4, 0.5) is 11.4 Å². The van der Waals surface area contributed by atoms with Crippen molar-refractivity contribution in [3.05, 3.63) is 75.6 Å². The lowest BCUT2D eigenvalue weighted by Crippen LogP contribution is -2.29. The summed E-state index contributed by atoms with van der Waals surface area (Å²) in [5, 5.41) is 17.0. The van der Waals surface area contributed by atoms with E-state index in [0.29, 0.717) is 11.3 Å². The minimum atomic E-state index is -3.57. The lowest BCUT2D eigenvalue weighted by Gasteiger charge is -2.12. The second kappa shape index (κ2) is 9.96. The maximum atomic E-state index is 12.8. The molecular formula is C23H26N4O6S. The number of carbonyl (C=O) groups is 1. The van der Waals surface area contributed by atoms with Gasteiger partial charge in [0.1, 0.15) is 11.4 Å². The van der Waals surface area contributed by atoms with Crippen LogP contribution in [0.25, 0.3) is 5.69 Å². The first-order chi connectivity index (χ1) is 16.0. The summed E-state index contributed by atoms with van der Waals surface area (Å²) in [6, 6.07) is 13.0. The normalized spacial score (nSPS) is 11.2. The molecule has 0 atom stereocenters. The van der Waals surface area contributed by atoms with Gasteiger partial charge in [0, 0.05) is 48.6 Å². The summed E-state index contributed by atoms with van der Waals surface area (Å²) >= 11 is 0. The van der Waals surface area contributed by atoms with Gasteiger partial charge in [0.25, 0.3) is 11.6 Å². The molecule has 0 aliphatic heterocycles. The van der Waals surface area contributed by atoms with E-state index in [-0.39, 0.29) is 35.3 Å². The van der Waals surface area contributed by atoms with Gasteiger partial charge in [-0.2, -0.15) is 0 Å². The molecule has 0 aliphatic carbocycles. The molecule has 3 rings (SSSR count). The van der Waals surface area contributed by atoms with E-state index in [1.54, 1.807) is 13.2 Å². The van der Waals surface area contributed by atoms with Gasteiger partial charge in [-0.25, -0.2) is 8.42 Å². The van der Waals surface area contributed by atoms with E-state index >= 15 is 0 Å². The fraction of sp³-hybridized carbons (Fsp3) is 0.261. The van der Waals surface area contributed by atoms with Crippen molar-refractivity contribution in [2.75, 3.05) is 31.8 Å². The molecule has 2 N–H and O–H groups in total. The number of nitrogens with zero attached hydrogens (tertiary/aromatic N) is 2. The third kappa shape index (κ3) is 5.37. The van der Waals surface area contributed by atoms with Crippen LogP contribution in [0.5, 0.6) is 5.75 Å². The SMILES string of the molecule is COc1cccc(-n2c(C)cc(C(=O)NCCNc3ccc(S(C)(=O)=O)cc3[N+](=O)[O-])c2C)c1. The molecule has 0 spiro atoms. The maximum absolute atomic E-state index is 12.8. The molecule has 0 bridgehead atoms. The number of methoxy groups -OCH3 is 1. The summed E-state index contributed by atoms with van der Waals surface area (Å²) in [6.07, 6.45) is 0.986. The van der Waals surface area contributed by atoms with Gasteiger partial charge in [-0.15, -0.1) is 0 Å². The molecular weight excluding hydrogens is 460 g/mol. The van der Waals surface area contributed by atoms with Crippen LogP contribution < -0.4 is 15.4 Å². The van der Waals surface area contributed by atoms with Gasteiger partial charge in [-0.3, -0.25) is 14.9 Å². The molecule has 34 heavy (non-hydrogen) atoms. The van der Waals surface area contributed by atoms with Crippen molar-refractivity contribution in [2.24, 2.45) is 0 Å². The monoisotopic (exact) mass is 486 g/mol. The summed E-state index contributed by atoms with van der Waals surface area (Å²) in [6.45, 7) is 4.17. The van der Waals surface area contributed by atoms with Crippen LogP contribution in [0, 0.1) is 24.0 Å². The molecule has 0 saturated heterocycles. The van der Waals surface area contributed by atoms with Crippen molar-refractivity contribution in [1.29, 1.82) is 0 Å². The lowest BCUT2D eigenvalue weighted by molar-refractivity contribution is -0.384. The number of hydrogen-bond donors (Lipinski definition) is 2. The molecule has 0 aliphatic rings. The van der Waals surface area contributed by atoms with E-state index in [1.807, 2.05) is 42.7 Å². The molecule has 10 nitrogen and oxygen atoms in total. The number of anilines is 1. The smallest absolute Gasteiger partial charge is 0.293 e. The molecule has 1 aromatic heterocycles. The number of carbonyl (C=O) groups excluding carboxylic acids is 1. The maximum Gasteiger partial charge on any atom is 0.293 e. The van der Waals surface area contributed by atoms with Crippen molar-refractivity contribution >= 4 is 27.1 Å². The standard InChI is InChI=1S/C23H26N4O6S/c1-15-12-20(16(2)26(15)17-6-5-7-18(13-17)33-3)23(28)25-11-10-24-21-9-8-19(34(4,31)32)14-22(21)27(29)30/h5-9,12-14,24H,10-11H2,1-4H3,(H,25,28). The average Bonchev–Trinajstić information content (AvgIpc) is 3.09. The van der Waals surface area contributed by atoms with Crippen molar-refractivity contribution in [2.45, 2.75) is 18.7 Å². The Kier molecular flexibility index (Phi) is 7.26. The lowest BCUT2D eigenvalue weighted by atomic mass is 10.2. The third-order valence-electron chi connectivity index (χ3n) is 5.31. The van der Waals surface area contributed by atoms with E-state index < -0.39 is 14.8 Å². The zero-order valence-corrected chi connectivity index (χ0v) is 20.1. The number of nitro groups is 1. The summed E-state index contributed by atoms with van der Waals surface area (Å²) < 4.78 is 30.6. The molecule has 0 radical (unpaired) electrons. The van der Waals surface area contributed by atoms with E-state index in [9.17, 15) is 23.3 Å². The number of sulfone groups is 1. The number of aromatic nitrogens is 1. The Morgan fingerprint density at radius 2 is 1.85 bits per heavy atom. The minimum Gasteiger partial charge on any atom is -0.497 e. The summed E-state index contributed by atoms with van der Waals surface area (Å²) in [5.74, 6) is 0.437. The van der Waals surface area contributed by atoms with Crippen LogP contribution >= 0.6 is 0 Å². The first-order valence-electron chi connectivity index (χ1n) is 10.4.